The van der Waals surface area contributed by atoms with Crippen molar-refractivity contribution in [2.75, 3.05) is 13.1 Å². The Morgan fingerprint density at radius 3 is 2.57 bits per heavy atom. The number of carbonyl (C=O) groups is 1. The van der Waals surface area contributed by atoms with Crippen LogP contribution in [0, 0.1) is 0 Å². The molecule has 3 rings (SSSR count). The van der Waals surface area contributed by atoms with Crippen LogP contribution in [0.1, 0.15) is 22.8 Å². The average molecular weight is 450 g/mol. The average Bonchev–Trinajstić information content (AvgIpc) is 2.84. The summed E-state index contributed by atoms with van der Waals surface area (Å²) in [5.41, 5.74) is 2.39. The Labute approximate surface area is 174 Å². The maximum absolute atomic E-state index is 12.6. The third-order valence-corrected chi connectivity index (χ3v) is 6.17. The van der Waals surface area contributed by atoms with Crippen LogP contribution in [0.5, 0.6) is 0 Å². The minimum absolute atomic E-state index is 0.109. The van der Waals surface area contributed by atoms with E-state index in [9.17, 15) is 18.0 Å². The van der Waals surface area contributed by atoms with E-state index in [1.54, 1.807) is 24.3 Å². The maximum atomic E-state index is 12.6. The normalized spacial score (nSPS) is 17.0. The summed E-state index contributed by atoms with van der Waals surface area (Å²) in [6.07, 6.45) is -5.50. The Kier molecular flexibility index (Phi) is 6.81. The summed E-state index contributed by atoms with van der Waals surface area (Å²) < 4.78 is 42.6. The number of halogens is 5. The van der Waals surface area contributed by atoms with Gasteiger partial charge in [0.1, 0.15) is 6.10 Å². The first-order valence-electron chi connectivity index (χ1n) is 8.42. The number of fused-ring (bicyclic) bond motifs is 1. The quantitative estimate of drug-likeness (QED) is 0.488. The first-order chi connectivity index (χ1) is 13.3. The van der Waals surface area contributed by atoms with Crippen molar-refractivity contribution in [3.05, 3.63) is 63.1 Å². The van der Waals surface area contributed by atoms with Crippen LogP contribution >= 0.6 is 35.0 Å². The molecule has 0 spiro atoms. The van der Waals surface area contributed by atoms with Gasteiger partial charge in [-0.05, 0) is 47.9 Å². The van der Waals surface area contributed by atoms with Gasteiger partial charge in [-0.15, -0.1) is 11.8 Å². The molecule has 1 aliphatic rings. The van der Waals surface area contributed by atoms with Crippen molar-refractivity contribution in [3.8, 4) is 0 Å². The van der Waals surface area contributed by atoms with Crippen LogP contribution in [0.4, 0.5) is 13.2 Å². The Morgan fingerprint density at radius 2 is 1.89 bits per heavy atom. The lowest BCUT2D eigenvalue weighted by atomic mass is 10.0. The summed E-state index contributed by atoms with van der Waals surface area (Å²) in [5, 5.41) is 4.17. The molecule has 0 aliphatic carbocycles. The van der Waals surface area contributed by atoms with E-state index in [1.807, 2.05) is 12.1 Å². The summed E-state index contributed by atoms with van der Waals surface area (Å²) in [7, 11) is 0. The molecule has 2 aromatic carbocycles. The molecule has 2 aromatic rings. The Bertz CT molecular complexity index is 859. The zero-order chi connectivity index (χ0) is 20.3. The Morgan fingerprint density at radius 1 is 1.18 bits per heavy atom. The van der Waals surface area contributed by atoms with Crippen molar-refractivity contribution in [1.29, 1.82) is 0 Å². The zero-order valence-corrected chi connectivity index (χ0v) is 16.8. The van der Waals surface area contributed by atoms with E-state index < -0.39 is 18.2 Å². The third kappa shape index (κ3) is 5.14. The van der Waals surface area contributed by atoms with Crippen LogP contribution in [-0.4, -0.2) is 25.2 Å². The molecular weight excluding hydrogens is 434 g/mol. The van der Waals surface area contributed by atoms with Crippen molar-refractivity contribution >= 4 is 40.9 Å². The summed E-state index contributed by atoms with van der Waals surface area (Å²) in [5.74, 6) is -1.58. The maximum Gasteiger partial charge on any atom is 0.490 e. The molecule has 1 heterocycles. The summed E-state index contributed by atoms with van der Waals surface area (Å²) in [4.78, 5) is 12.1. The van der Waals surface area contributed by atoms with E-state index in [1.165, 1.54) is 11.8 Å². The van der Waals surface area contributed by atoms with Gasteiger partial charge in [0.2, 0.25) is 0 Å². The molecular formula is C19H16Cl2F3NO2S. The predicted molar refractivity (Wildman–Crippen MR) is 104 cm³/mol. The zero-order valence-electron chi connectivity index (χ0n) is 14.5. The lowest BCUT2D eigenvalue weighted by Gasteiger charge is -2.21. The number of esters is 1. The highest BCUT2D eigenvalue weighted by Gasteiger charge is 2.43. The summed E-state index contributed by atoms with van der Waals surface area (Å²) in [6.45, 7) is 0.652. The second kappa shape index (κ2) is 8.95. The molecule has 0 bridgehead atoms. The van der Waals surface area contributed by atoms with E-state index in [0.717, 1.165) is 16.0 Å². The lowest BCUT2D eigenvalue weighted by Crippen LogP contribution is -2.30. The van der Waals surface area contributed by atoms with Crippen LogP contribution in [0.25, 0.3) is 0 Å². The number of benzene rings is 2. The molecule has 0 fully saturated rings. The molecule has 0 aromatic heterocycles. The van der Waals surface area contributed by atoms with Gasteiger partial charge >= 0.3 is 12.1 Å². The van der Waals surface area contributed by atoms with E-state index in [0.29, 0.717) is 34.3 Å². The molecule has 0 amide bonds. The molecule has 0 radical (unpaired) electrons. The van der Waals surface area contributed by atoms with E-state index in [2.05, 4.69) is 5.32 Å². The predicted octanol–water partition coefficient (Wildman–Crippen LogP) is 5.58. The number of carbonyl (C=O) groups excluding carboxylic acids is 1. The number of hydrogen-bond donors (Lipinski definition) is 1. The summed E-state index contributed by atoms with van der Waals surface area (Å²) in [6, 6.07) is 10.7. The molecule has 28 heavy (non-hydrogen) atoms. The van der Waals surface area contributed by atoms with Gasteiger partial charge < -0.3 is 10.1 Å². The second-order valence-corrected chi connectivity index (χ2v) is 8.03. The van der Waals surface area contributed by atoms with Gasteiger partial charge in [0.25, 0.3) is 0 Å². The molecule has 9 heteroatoms. The van der Waals surface area contributed by atoms with Crippen LogP contribution in [0.2, 0.25) is 10.0 Å². The highest BCUT2D eigenvalue weighted by Crippen LogP contribution is 2.39. The largest absolute Gasteiger partial charge is 0.490 e. The Balaban J connectivity index is 1.87. The minimum atomic E-state index is -5.04. The summed E-state index contributed by atoms with van der Waals surface area (Å²) >= 11 is 13.8. The third-order valence-electron chi connectivity index (χ3n) is 4.25. The fraction of sp³-hybridized carbons (Fsp3) is 0.316. The monoisotopic (exact) mass is 449 g/mol. The number of rotatable bonds is 4. The van der Waals surface area contributed by atoms with Gasteiger partial charge in [0, 0.05) is 22.2 Å². The van der Waals surface area contributed by atoms with Gasteiger partial charge in [-0.1, -0.05) is 41.4 Å². The van der Waals surface area contributed by atoms with Gasteiger partial charge in [-0.25, -0.2) is 4.79 Å². The number of hydrogen-bond acceptors (Lipinski definition) is 4. The highest BCUT2D eigenvalue weighted by molar-refractivity contribution is 7.98. The van der Waals surface area contributed by atoms with Crippen molar-refractivity contribution in [2.45, 2.75) is 29.3 Å². The Hall–Kier alpha value is -1.41. The molecule has 1 aliphatic heterocycles. The standard InChI is InChI=1S/C19H16Cl2F3NO2S/c20-12-3-1-11(2-4-12)10-28-17-14-7-8-25-9-16(13(14)5-6-15(17)21)27-18(26)19(22,23)24/h1-6,16,25H,7-10H2. The number of thioether (sulfide) groups is 1. The van der Waals surface area contributed by atoms with Crippen molar-refractivity contribution in [1.82, 2.24) is 5.32 Å². The second-order valence-electron chi connectivity index (χ2n) is 6.21. The molecule has 0 saturated heterocycles. The SMILES string of the molecule is O=C(OC1CNCCc2c1ccc(Cl)c2SCc1ccc(Cl)cc1)C(F)(F)F. The topological polar surface area (TPSA) is 38.3 Å². The van der Waals surface area contributed by atoms with Gasteiger partial charge in [-0.3, -0.25) is 0 Å². The first kappa shape index (κ1) is 21.3. The van der Waals surface area contributed by atoms with Gasteiger partial charge in [0.05, 0.1) is 5.02 Å². The van der Waals surface area contributed by atoms with Crippen molar-refractivity contribution in [3.63, 3.8) is 0 Å². The van der Waals surface area contributed by atoms with Crippen LogP contribution in [-0.2, 0) is 21.7 Å². The van der Waals surface area contributed by atoms with Gasteiger partial charge in [-0.2, -0.15) is 13.2 Å². The number of alkyl halides is 3. The molecule has 3 nitrogen and oxygen atoms in total. The number of nitrogens with one attached hydrogen (secondary N) is 1. The van der Waals surface area contributed by atoms with E-state index >= 15 is 0 Å². The minimum Gasteiger partial charge on any atom is -0.449 e. The first-order valence-corrected chi connectivity index (χ1v) is 10.2. The van der Waals surface area contributed by atoms with E-state index in [4.69, 9.17) is 27.9 Å². The number of ether oxygens (including phenoxy) is 1. The smallest absolute Gasteiger partial charge is 0.449 e. The van der Waals surface area contributed by atoms with Crippen LogP contribution < -0.4 is 5.32 Å². The molecule has 1 atom stereocenters. The van der Waals surface area contributed by atoms with Crippen LogP contribution in [0.15, 0.2) is 41.3 Å². The molecule has 1 unspecified atom stereocenters. The lowest BCUT2D eigenvalue weighted by molar-refractivity contribution is -0.205. The van der Waals surface area contributed by atoms with Crippen molar-refractivity contribution in [2.24, 2.45) is 0 Å². The fourth-order valence-corrected chi connectivity index (χ4v) is 4.49. The van der Waals surface area contributed by atoms with E-state index in [-0.39, 0.29) is 6.54 Å². The van der Waals surface area contributed by atoms with Crippen molar-refractivity contribution < 1.29 is 22.7 Å². The van der Waals surface area contributed by atoms with Gasteiger partial charge in [0.15, 0.2) is 0 Å². The van der Waals surface area contributed by atoms with Crippen LogP contribution in [0.3, 0.4) is 0 Å². The fourth-order valence-electron chi connectivity index (χ4n) is 2.92. The molecule has 0 saturated carbocycles. The highest BCUT2D eigenvalue weighted by atomic mass is 35.5. The molecule has 1 N–H and O–H groups in total. The molecule has 150 valence electrons.